The Morgan fingerprint density at radius 1 is 1.14 bits per heavy atom. The molecule has 3 rings (SSSR count). The number of methoxy groups -OCH3 is 1. The number of piperazine rings is 1. The van der Waals surface area contributed by atoms with Gasteiger partial charge in [-0.1, -0.05) is 48.5 Å². The van der Waals surface area contributed by atoms with Crippen molar-refractivity contribution in [1.82, 2.24) is 5.32 Å². The predicted molar refractivity (Wildman–Crippen MR) is 105 cm³/mol. The van der Waals surface area contributed by atoms with Crippen molar-refractivity contribution in [2.24, 2.45) is 0 Å². The van der Waals surface area contributed by atoms with Gasteiger partial charge in [0.2, 0.25) is 0 Å². The second kappa shape index (κ2) is 9.14. The lowest BCUT2D eigenvalue weighted by atomic mass is 10.0. The topological polar surface area (TPSA) is 88.9 Å². The maximum absolute atomic E-state index is 12.7. The van der Waals surface area contributed by atoms with E-state index in [9.17, 15) is 14.4 Å². The number of carbonyl (C=O) groups is 3. The molecule has 7 heteroatoms. The Morgan fingerprint density at radius 2 is 1.86 bits per heavy atom. The summed E-state index contributed by atoms with van der Waals surface area (Å²) in [4.78, 5) is 37.2. The molecule has 0 saturated carbocycles. The number of hydrogen-bond donors (Lipinski definition) is 3. The van der Waals surface area contributed by atoms with Gasteiger partial charge in [0.05, 0.1) is 20.2 Å². The van der Waals surface area contributed by atoms with Crippen molar-refractivity contribution in [3.8, 4) is 11.1 Å². The Labute approximate surface area is 163 Å². The standard InChI is InChI=1S/C21H23N3O4/c1-28-20(26)13-18-21(27)22-11-12-24(18)14-19(25)23-17-10-6-5-9-16(17)15-7-3-2-4-8-15/h2-10,18H,11-14H2,1H3,(H,22,27)(H,23,25)/p+1/t18-/m1/s1. The monoisotopic (exact) mass is 382 g/mol. The summed E-state index contributed by atoms with van der Waals surface area (Å²) in [5.41, 5.74) is 2.64. The Morgan fingerprint density at radius 3 is 2.61 bits per heavy atom. The zero-order valence-corrected chi connectivity index (χ0v) is 15.7. The minimum Gasteiger partial charge on any atom is -0.469 e. The summed E-state index contributed by atoms with van der Waals surface area (Å²) in [6.07, 6.45) is -0.0501. The minimum atomic E-state index is -0.628. The van der Waals surface area contributed by atoms with E-state index in [0.717, 1.165) is 16.0 Å². The molecule has 2 atom stereocenters. The van der Waals surface area contributed by atoms with Gasteiger partial charge in [0.25, 0.3) is 11.8 Å². The van der Waals surface area contributed by atoms with Crippen LogP contribution in [0.2, 0.25) is 0 Å². The van der Waals surface area contributed by atoms with Gasteiger partial charge in [0.1, 0.15) is 6.42 Å². The fraction of sp³-hybridized carbons (Fsp3) is 0.286. The van der Waals surface area contributed by atoms with Gasteiger partial charge in [-0.2, -0.15) is 0 Å². The lowest BCUT2D eigenvalue weighted by Crippen LogP contribution is -3.20. The quantitative estimate of drug-likeness (QED) is 0.625. The number of carbonyl (C=O) groups excluding carboxylic acids is 3. The molecule has 0 bridgehead atoms. The van der Waals surface area contributed by atoms with Gasteiger partial charge in [-0.3, -0.25) is 14.4 Å². The van der Waals surface area contributed by atoms with Crippen molar-refractivity contribution in [2.45, 2.75) is 12.5 Å². The van der Waals surface area contributed by atoms with Gasteiger partial charge in [-0.15, -0.1) is 0 Å². The highest BCUT2D eigenvalue weighted by Crippen LogP contribution is 2.27. The molecule has 2 aromatic carbocycles. The molecule has 1 heterocycles. The molecule has 1 fully saturated rings. The van der Waals surface area contributed by atoms with E-state index in [0.29, 0.717) is 18.8 Å². The third-order valence-corrected chi connectivity index (χ3v) is 4.83. The van der Waals surface area contributed by atoms with E-state index < -0.39 is 12.0 Å². The first-order valence-corrected chi connectivity index (χ1v) is 9.22. The molecule has 1 aliphatic rings. The van der Waals surface area contributed by atoms with Crippen LogP contribution in [0.15, 0.2) is 54.6 Å². The van der Waals surface area contributed by atoms with Gasteiger partial charge in [-0.25, -0.2) is 0 Å². The molecule has 2 aromatic rings. The largest absolute Gasteiger partial charge is 0.469 e. The highest BCUT2D eigenvalue weighted by molar-refractivity contribution is 5.96. The molecule has 0 aliphatic carbocycles. The molecule has 28 heavy (non-hydrogen) atoms. The van der Waals surface area contributed by atoms with E-state index in [1.165, 1.54) is 7.11 Å². The van der Waals surface area contributed by atoms with Gasteiger partial charge >= 0.3 is 5.97 Å². The van der Waals surface area contributed by atoms with Crippen LogP contribution in [-0.4, -0.2) is 50.6 Å². The van der Waals surface area contributed by atoms with Crippen LogP contribution in [0.3, 0.4) is 0 Å². The van der Waals surface area contributed by atoms with Crippen LogP contribution >= 0.6 is 0 Å². The number of quaternary nitrogens is 1. The van der Waals surface area contributed by atoms with E-state index in [1.54, 1.807) is 0 Å². The fourth-order valence-corrected chi connectivity index (χ4v) is 3.39. The van der Waals surface area contributed by atoms with Gasteiger partial charge in [0.15, 0.2) is 12.6 Å². The van der Waals surface area contributed by atoms with E-state index in [-0.39, 0.29) is 24.8 Å². The van der Waals surface area contributed by atoms with E-state index >= 15 is 0 Å². The van der Waals surface area contributed by atoms with E-state index in [2.05, 4.69) is 15.4 Å². The Hall–Kier alpha value is -3.19. The van der Waals surface area contributed by atoms with Crippen molar-refractivity contribution in [1.29, 1.82) is 0 Å². The normalized spacial score (nSPS) is 18.8. The molecule has 146 valence electrons. The summed E-state index contributed by atoms with van der Waals surface area (Å²) in [7, 11) is 1.29. The number of hydrogen-bond acceptors (Lipinski definition) is 4. The molecule has 1 aliphatic heterocycles. The predicted octanol–water partition coefficient (Wildman–Crippen LogP) is 0.239. The lowest BCUT2D eigenvalue weighted by Gasteiger charge is -2.30. The van der Waals surface area contributed by atoms with Crippen molar-refractivity contribution in [3.05, 3.63) is 54.6 Å². The minimum absolute atomic E-state index is 0.0501. The maximum Gasteiger partial charge on any atom is 0.312 e. The van der Waals surface area contributed by atoms with Gasteiger partial charge < -0.3 is 20.3 Å². The van der Waals surface area contributed by atoms with Crippen LogP contribution in [0.4, 0.5) is 5.69 Å². The van der Waals surface area contributed by atoms with Crippen molar-refractivity contribution in [3.63, 3.8) is 0 Å². The van der Waals surface area contributed by atoms with Crippen molar-refractivity contribution in [2.75, 3.05) is 32.1 Å². The first-order chi connectivity index (χ1) is 13.6. The number of benzene rings is 2. The molecule has 1 unspecified atom stereocenters. The SMILES string of the molecule is COC(=O)C[C@@H]1C(=O)NCC[NH+]1CC(=O)Nc1ccccc1-c1ccccc1. The lowest BCUT2D eigenvalue weighted by molar-refractivity contribution is -0.909. The van der Waals surface area contributed by atoms with Crippen LogP contribution in [0.1, 0.15) is 6.42 Å². The highest BCUT2D eigenvalue weighted by Gasteiger charge is 2.36. The third-order valence-electron chi connectivity index (χ3n) is 4.83. The second-order valence-corrected chi connectivity index (χ2v) is 6.67. The molecule has 2 amide bonds. The molecule has 1 saturated heterocycles. The Balaban J connectivity index is 1.72. The zero-order valence-electron chi connectivity index (χ0n) is 15.7. The summed E-state index contributed by atoms with van der Waals surface area (Å²) in [5.74, 6) is -0.901. The summed E-state index contributed by atoms with van der Waals surface area (Å²) in [5, 5.41) is 5.70. The second-order valence-electron chi connectivity index (χ2n) is 6.67. The fourth-order valence-electron chi connectivity index (χ4n) is 3.39. The molecule has 0 aromatic heterocycles. The van der Waals surface area contributed by atoms with Gasteiger partial charge in [-0.05, 0) is 11.6 Å². The molecular weight excluding hydrogens is 358 g/mol. The average Bonchev–Trinajstić information content (AvgIpc) is 2.71. The first-order valence-electron chi connectivity index (χ1n) is 9.22. The number of para-hydroxylation sites is 1. The number of rotatable bonds is 6. The molecule has 7 nitrogen and oxygen atoms in total. The zero-order chi connectivity index (χ0) is 19.9. The first kappa shape index (κ1) is 19.6. The van der Waals surface area contributed by atoms with Crippen LogP contribution < -0.4 is 15.5 Å². The summed E-state index contributed by atoms with van der Waals surface area (Å²) in [6.45, 7) is 1.14. The molecule has 0 spiro atoms. The van der Waals surface area contributed by atoms with Crippen LogP contribution in [-0.2, 0) is 19.1 Å². The summed E-state index contributed by atoms with van der Waals surface area (Å²) < 4.78 is 4.68. The molecule has 0 radical (unpaired) electrons. The number of ether oxygens (including phenoxy) is 1. The van der Waals surface area contributed by atoms with Crippen LogP contribution in [0.25, 0.3) is 11.1 Å². The number of anilines is 1. The summed E-state index contributed by atoms with van der Waals surface area (Å²) in [6, 6.07) is 16.8. The van der Waals surface area contributed by atoms with E-state index in [1.807, 2.05) is 54.6 Å². The smallest absolute Gasteiger partial charge is 0.312 e. The van der Waals surface area contributed by atoms with E-state index in [4.69, 9.17) is 0 Å². The average molecular weight is 382 g/mol. The van der Waals surface area contributed by atoms with Crippen molar-refractivity contribution >= 4 is 23.5 Å². The third kappa shape index (κ3) is 4.75. The molecular formula is C21H24N3O4+. The summed E-state index contributed by atoms with van der Waals surface area (Å²) >= 11 is 0. The van der Waals surface area contributed by atoms with Crippen LogP contribution in [0, 0.1) is 0 Å². The van der Waals surface area contributed by atoms with Gasteiger partial charge in [0, 0.05) is 11.3 Å². The maximum atomic E-state index is 12.7. The highest BCUT2D eigenvalue weighted by atomic mass is 16.5. The van der Waals surface area contributed by atoms with Crippen molar-refractivity contribution < 1.29 is 24.0 Å². The number of nitrogens with one attached hydrogen (secondary N) is 3. The Bertz CT molecular complexity index is 854. The number of amides is 2. The molecule has 3 N–H and O–H groups in total. The Kier molecular flexibility index (Phi) is 6.39. The number of esters is 1. The van der Waals surface area contributed by atoms with Crippen LogP contribution in [0.5, 0.6) is 0 Å².